The third kappa shape index (κ3) is 9.70. The molecule has 0 radical (unpaired) electrons. The van der Waals surface area contributed by atoms with Crippen LogP contribution in [0.2, 0.25) is 0 Å². The molecule has 0 spiro atoms. The summed E-state index contributed by atoms with van der Waals surface area (Å²) < 4.78 is 12.1. The zero-order valence-corrected chi connectivity index (χ0v) is 54.8. The fraction of sp³-hybridized carbons (Fsp3) is 0.165. The first-order chi connectivity index (χ1) is 43.9. The van der Waals surface area contributed by atoms with Crippen LogP contribution in [0.25, 0.3) is 82.1 Å². The number of pyridine rings is 1. The third-order valence-electron chi connectivity index (χ3n) is 19.2. The molecular weight excluding hydrogens is 1120 g/mol. The Morgan fingerprint density at radius 2 is 0.923 bits per heavy atom. The normalized spacial score (nSPS) is 12.9. The molecule has 0 aliphatic carbocycles. The molecule has 0 unspecified atom stereocenters. The molecule has 3 aromatic heterocycles. The highest BCUT2D eigenvalue weighted by Gasteiger charge is 2.42. The van der Waals surface area contributed by atoms with Gasteiger partial charge in [0.05, 0.1) is 27.8 Å². The van der Waals surface area contributed by atoms with Crippen LogP contribution >= 0.6 is 0 Å². The molecule has 11 aromatic carbocycles. The smallest absolute Gasteiger partial charge is 0.179 e. The zero-order valence-electron chi connectivity index (χ0n) is 53.8. The number of para-hydroxylation sites is 3. The molecule has 4 heterocycles. The van der Waals surface area contributed by atoms with Crippen LogP contribution in [-0.4, -0.2) is 22.2 Å². The number of ether oxygens (including phenoxy) is 1. The summed E-state index contributed by atoms with van der Waals surface area (Å²) in [6, 6.07) is 98.1. The van der Waals surface area contributed by atoms with E-state index in [0.717, 1.165) is 45.3 Å². The fourth-order valence-electron chi connectivity index (χ4n) is 14.5. The molecule has 446 valence electrons. The molecule has 14 aromatic rings. The van der Waals surface area contributed by atoms with Crippen LogP contribution in [0.1, 0.15) is 84.6 Å². The molecule has 1 aliphatic rings. The van der Waals surface area contributed by atoms with Crippen LogP contribution in [0.15, 0.2) is 267 Å². The van der Waals surface area contributed by atoms with E-state index in [0.29, 0.717) is 6.67 Å². The van der Waals surface area contributed by atoms with Gasteiger partial charge in [-0.3, -0.25) is 4.57 Å². The zero-order chi connectivity index (χ0) is 62.6. The van der Waals surface area contributed by atoms with Gasteiger partial charge in [-0.05, 0) is 136 Å². The summed E-state index contributed by atoms with van der Waals surface area (Å²) in [6.45, 7) is 23.6. The second kappa shape index (κ2) is 21.9. The Morgan fingerprint density at radius 3 is 1.56 bits per heavy atom. The average Bonchev–Trinajstić information content (AvgIpc) is 1.73. The minimum absolute atomic E-state index is 0.0437. The van der Waals surface area contributed by atoms with Crippen LogP contribution in [0, 0.1) is 6.92 Å². The minimum atomic E-state index is -2.97. The van der Waals surface area contributed by atoms with Gasteiger partial charge in [-0.15, -0.1) is 0 Å². The number of aryl methyl sites for hydroxylation is 1. The summed E-state index contributed by atoms with van der Waals surface area (Å²) in [5.74, 6) is 2.46. The van der Waals surface area contributed by atoms with Crippen molar-refractivity contribution in [2.75, 3.05) is 4.90 Å². The van der Waals surface area contributed by atoms with Crippen molar-refractivity contribution in [3.8, 4) is 28.4 Å². The number of aromatic nitrogens is 3. The summed E-state index contributed by atoms with van der Waals surface area (Å²) in [5.41, 5.74) is 13.8. The van der Waals surface area contributed by atoms with Gasteiger partial charge in [0.2, 0.25) is 0 Å². The summed E-state index contributed by atoms with van der Waals surface area (Å²) in [6.07, 6.45) is 1.95. The second-order valence-corrected chi connectivity index (χ2v) is 31.8. The Labute approximate surface area is 535 Å². The predicted molar refractivity (Wildman–Crippen MR) is 389 cm³/mol. The molecule has 5 nitrogen and oxygen atoms in total. The van der Waals surface area contributed by atoms with Crippen molar-refractivity contribution in [1.82, 2.24) is 14.1 Å². The van der Waals surface area contributed by atoms with E-state index in [-0.39, 0.29) is 16.2 Å². The summed E-state index contributed by atoms with van der Waals surface area (Å²) >= 11 is 0. The SMILES string of the molecule is Cc1c(Oc2cccc(N3Cn4c5c(-c6cc(C(C)(C)C)cc(C(C)(C)C)c6)cccc5c5ccccc5c5cc([Si](c6ccccc6)(c6ccccc6)c6ccccc6)ccc5c5cccc3c54)c2)ccc2c3ccccc3n(-c3cc(C(C)(C)C)ccn3)c12. The minimum Gasteiger partial charge on any atom is -0.457 e. The molecule has 15 rings (SSSR count). The Hall–Kier alpha value is -10.0. The van der Waals surface area contributed by atoms with E-state index in [1.807, 2.05) is 6.20 Å². The molecule has 0 bridgehead atoms. The molecule has 0 N–H and O–H groups in total. The van der Waals surface area contributed by atoms with E-state index in [4.69, 9.17) is 9.72 Å². The number of hydrogen-bond acceptors (Lipinski definition) is 3. The Bertz CT molecular complexity index is 5120. The van der Waals surface area contributed by atoms with Crippen LogP contribution in [0.4, 0.5) is 11.4 Å². The Morgan fingerprint density at radius 1 is 0.396 bits per heavy atom. The van der Waals surface area contributed by atoms with Gasteiger partial charge in [0.25, 0.3) is 0 Å². The maximum Gasteiger partial charge on any atom is 0.179 e. The van der Waals surface area contributed by atoms with E-state index in [2.05, 4.69) is 344 Å². The molecule has 0 amide bonds. The van der Waals surface area contributed by atoms with Gasteiger partial charge in [0.15, 0.2) is 8.07 Å². The maximum atomic E-state index is 7.18. The van der Waals surface area contributed by atoms with Gasteiger partial charge in [-0.1, -0.05) is 269 Å². The highest BCUT2D eigenvalue weighted by Crippen LogP contribution is 2.47. The van der Waals surface area contributed by atoms with Crippen molar-refractivity contribution in [2.45, 2.75) is 92.2 Å². The lowest BCUT2D eigenvalue weighted by atomic mass is 9.78. The lowest BCUT2D eigenvalue weighted by molar-refractivity contribution is 0.479. The lowest BCUT2D eigenvalue weighted by Gasteiger charge is -2.34. The van der Waals surface area contributed by atoms with Gasteiger partial charge < -0.3 is 14.2 Å². The predicted octanol–water partition coefficient (Wildman–Crippen LogP) is 19.9. The standard InChI is InChI=1S/C85H76N4OSi/c1-56-78(46-45-74-71-37-22-23-41-76(71)89(80(56)74)79-52-58(47-48-86-79)83(2,3)4)90-62-28-24-27-61(53-62)87-55-88-81-67(57-49-59(84(5,6)7)51-60(50-57)85(8,9)10)38-25-39-72(81)68-35-20-21-36-69(68)75-54-66(43-44-70(75)73-40-26-42-77(87)82(73)88)91(63-29-14-11-15-30-63,64-31-16-12-17-32-64)65-33-18-13-19-34-65/h11-54H,55H2,1-10H3. The maximum absolute atomic E-state index is 7.18. The first kappa shape index (κ1) is 57.4. The summed E-state index contributed by atoms with van der Waals surface area (Å²) in [5, 5.41) is 14.9. The second-order valence-electron chi connectivity index (χ2n) is 28.0. The molecule has 1 aliphatic heterocycles. The van der Waals surface area contributed by atoms with Gasteiger partial charge in [0, 0.05) is 50.6 Å². The Kier molecular flexibility index (Phi) is 13.8. The van der Waals surface area contributed by atoms with Crippen LogP contribution in [0.5, 0.6) is 11.5 Å². The van der Waals surface area contributed by atoms with Crippen molar-refractivity contribution in [2.24, 2.45) is 0 Å². The third-order valence-corrected chi connectivity index (χ3v) is 24.0. The first-order valence-electron chi connectivity index (χ1n) is 32.1. The lowest BCUT2D eigenvalue weighted by Crippen LogP contribution is -2.74. The van der Waals surface area contributed by atoms with E-state index in [1.54, 1.807) is 0 Å². The van der Waals surface area contributed by atoms with Gasteiger partial charge in [0.1, 0.15) is 24.0 Å². The largest absolute Gasteiger partial charge is 0.457 e. The molecule has 0 fully saturated rings. The van der Waals surface area contributed by atoms with Gasteiger partial charge in [-0.2, -0.15) is 0 Å². The van der Waals surface area contributed by atoms with Crippen molar-refractivity contribution in [1.29, 1.82) is 0 Å². The number of nitrogens with zero attached hydrogens (tertiary/aromatic N) is 4. The molecule has 6 heteroatoms. The van der Waals surface area contributed by atoms with Crippen molar-refractivity contribution in [3.63, 3.8) is 0 Å². The molecule has 0 saturated heterocycles. The van der Waals surface area contributed by atoms with Crippen LogP contribution in [-0.2, 0) is 22.9 Å². The van der Waals surface area contributed by atoms with E-state index < -0.39 is 8.07 Å². The summed E-state index contributed by atoms with van der Waals surface area (Å²) in [7, 11) is -2.97. The fourth-order valence-corrected chi connectivity index (χ4v) is 19.3. The average molecular weight is 1200 g/mol. The topological polar surface area (TPSA) is 35.2 Å². The molecule has 91 heavy (non-hydrogen) atoms. The number of fused-ring (bicyclic) bond motifs is 10. The quantitative estimate of drug-likeness (QED) is 0.107. The first-order valence-corrected chi connectivity index (χ1v) is 34.1. The van der Waals surface area contributed by atoms with E-state index >= 15 is 0 Å². The van der Waals surface area contributed by atoms with Crippen molar-refractivity contribution >= 4 is 105 Å². The number of benzene rings is 11. The summed E-state index contributed by atoms with van der Waals surface area (Å²) in [4.78, 5) is 7.51. The van der Waals surface area contributed by atoms with E-state index in [9.17, 15) is 0 Å². The number of anilines is 2. The van der Waals surface area contributed by atoms with Crippen LogP contribution < -0.4 is 30.4 Å². The van der Waals surface area contributed by atoms with E-state index in [1.165, 1.54) is 103 Å². The van der Waals surface area contributed by atoms with Gasteiger partial charge in [-0.25, -0.2) is 4.98 Å². The van der Waals surface area contributed by atoms with Crippen molar-refractivity contribution in [3.05, 3.63) is 289 Å². The monoisotopic (exact) mass is 1200 g/mol. The number of rotatable bonds is 9. The Balaban J connectivity index is 0.989. The number of hydrogen-bond donors (Lipinski definition) is 0. The molecule has 0 atom stereocenters. The molecular formula is C85H76N4OSi. The molecule has 0 saturated carbocycles. The van der Waals surface area contributed by atoms with Crippen LogP contribution in [0.3, 0.4) is 0 Å². The highest BCUT2D eigenvalue weighted by molar-refractivity contribution is 7.20. The van der Waals surface area contributed by atoms with Gasteiger partial charge >= 0.3 is 0 Å². The van der Waals surface area contributed by atoms with Crippen molar-refractivity contribution < 1.29 is 4.74 Å². The highest BCUT2D eigenvalue weighted by atomic mass is 28.3.